The number of aromatic nitrogens is 2. The highest BCUT2D eigenvalue weighted by Crippen LogP contribution is 2.19. The van der Waals surface area contributed by atoms with Crippen LogP contribution in [0.2, 0.25) is 0 Å². The molecule has 0 aliphatic heterocycles. The summed E-state index contributed by atoms with van der Waals surface area (Å²) in [6.45, 7) is 4.85. The van der Waals surface area contributed by atoms with Crippen LogP contribution in [0.1, 0.15) is 31.2 Å². The van der Waals surface area contributed by atoms with Crippen molar-refractivity contribution in [1.82, 2.24) is 9.97 Å². The van der Waals surface area contributed by atoms with Crippen LogP contribution in [0.3, 0.4) is 0 Å². The van der Waals surface area contributed by atoms with E-state index in [2.05, 4.69) is 23.8 Å². The maximum Gasteiger partial charge on any atom is 0.132 e. The zero-order chi connectivity index (χ0) is 10.6. The second-order valence-electron chi connectivity index (χ2n) is 3.46. The number of nitrogens with two attached hydrogens (primary N) is 1. The predicted octanol–water partition coefficient (Wildman–Crippen LogP) is 1.82. The fraction of sp³-hybridized carbons (Fsp3) is 0.600. The summed E-state index contributed by atoms with van der Waals surface area (Å²) >= 11 is 1.66. The summed E-state index contributed by atoms with van der Waals surface area (Å²) < 4.78 is 0. The van der Waals surface area contributed by atoms with Gasteiger partial charge in [-0.1, -0.05) is 13.8 Å². The van der Waals surface area contributed by atoms with E-state index in [1.54, 1.807) is 11.8 Å². The molecule has 0 spiro atoms. The number of hydrogen-bond donors (Lipinski definition) is 1. The van der Waals surface area contributed by atoms with Gasteiger partial charge in [-0.15, -0.1) is 11.8 Å². The monoisotopic (exact) mass is 211 g/mol. The maximum atomic E-state index is 5.52. The van der Waals surface area contributed by atoms with Crippen LogP contribution in [0, 0.1) is 0 Å². The summed E-state index contributed by atoms with van der Waals surface area (Å²) in [5.74, 6) is 1.29. The highest BCUT2D eigenvalue weighted by Gasteiger charge is 2.07. The lowest BCUT2D eigenvalue weighted by Crippen LogP contribution is -2.07. The lowest BCUT2D eigenvalue weighted by atomic mass is 10.2. The predicted molar refractivity (Wildman–Crippen MR) is 60.7 cm³/mol. The van der Waals surface area contributed by atoms with Gasteiger partial charge >= 0.3 is 0 Å². The quantitative estimate of drug-likeness (QED) is 0.609. The number of nitrogens with zero attached hydrogens (tertiary/aromatic N) is 2. The molecule has 3 nitrogen and oxygen atoms in total. The Kier molecular flexibility index (Phi) is 4.35. The van der Waals surface area contributed by atoms with Gasteiger partial charge in [-0.25, -0.2) is 9.97 Å². The van der Waals surface area contributed by atoms with E-state index in [-0.39, 0.29) is 0 Å². The molecule has 0 fully saturated rings. The van der Waals surface area contributed by atoms with Gasteiger partial charge in [0.1, 0.15) is 10.9 Å². The Labute approximate surface area is 89.5 Å². The molecule has 1 rings (SSSR count). The molecule has 1 aromatic rings. The van der Waals surface area contributed by atoms with Crippen molar-refractivity contribution in [3.63, 3.8) is 0 Å². The Balaban J connectivity index is 2.98. The summed E-state index contributed by atoms with van der Waals surface area (Å²) in [6, 6.07) is 0. The summed E-state index contributed by atoms with van der Waals surface area (Å²) in [5.41, 5.74) is 6.67. The molecule has 0 aliphatic rings. The minimum atomic E-state index is 0.382. The second kappa shape index (κ2) is 5.32. The Morgan fingerprint density at radius 3 is 2.71 bits per heavy atom. The van der Waals surface area contributed by atoms with E-state index in [4.69, 9.17) is 5.73 Å². The molecular formula is C10H17N3S. The molecule has 2 N–H and O–H groups in total. The van der Waals surface area contributed by atoms with Crippen LogP contribution >= 0.6 is 11.8 Å². The van der Waals surface area contributed by atoms with Crippen LogP contribution in [-0.4, -0.2) is 22.8 Å². The number of hydrogen-bond acceptors (Lipinski definition) is 4. The lowest BCUT2D eigenvalue weighted by Gasteiger charge is -2.08. The molecule has 4 heteroatoms. The van der Waals surface area contributed by atoms with Gasteiger partial charge in [-0.2, -0.15) is 0 Å². The van der Waals surface area contributed by atoms with Gasteiger partial charge in [0, 0.05) is 17.7 Å². The van der Waals surface area contributed by atoms with Crippen molar-refractivity contribution >= 4 is 11.8 Å². The topological polar surface area (TPSA) is 51.8 Å². The molecule has 0 atom stereocenters. The first-order chi connectivity index (χ1) is 6.69. The molecule has 0 saturated heterocycles. The van der Waals surface area contributed by atoms with Crippen LogP contribution < -0.4 is 5.73 Å². The molecular weight excluding hydrogens is 194 g/mol. The summed E-state index contributed by atoms with van der Waals surface area (Å²) in [5, 5.41) is 1.06. The van der Waals surface area contributed by atoms with Crippen LogP contribution in [0.15, 0.2) is 11.2 Å². The first kappa shape index (κ1) is 11.5. The molecule has 1 heterocycles. The van der Waals surface area contributed by atoms with Gasteiger partial charge in [0.05, 0.1) is 0 Å². The van der Waals surface area contributed by atoms with Gasteiger partial charge in [0.25, 0.3) is 0 Å². The SMILES string of the molecule is CSc1nc(C(C)C)ncc1CCN. The van der Waals surface area contributed by atoms with E-state index in [1.807, 2.05) is 12.5 Å². The van der Waals surface area contributed by atoms with Crippen molar-refractivity contribution in [2.24, 2.45) is 5.73 Å². The maximum absolute atomic E-state index is 5.52. The first-order valence-electron chi connectivity index (χ1n) is 4.79. The standard InChI is InChI=1S/C10H17N3S/c1-7(2)9-12-6-8(4-5-11)10(13-9)14-3/h6-7H,4-5,11H2,1-3H3. The Morgan fingerprint density at radius 1 is 1.50 bits per heavy atom. The van der Waals surface area contributed by atoms with E-state index < -0.39 is 0 Å². The minimum absolute atomic E-state index is 0.382. The van der Waals surface area contributed by atoms with E-state index in [1.165, 1.54) is 0 Å². The highest BCUT2D eigenvalue weighted by atomic mass is 32.2. The smallest absolute Gasteiger partial charge is 0.132 e. The molecule has 0 radical (unpaired) electrons. The van der Waals surface area contributed by atoms with Crippen molar-refractivity contribution < 1.29 is 0 Å². The van der Waals surface area contributed by atoms with E-state index in [0.717, 1.165) is 22.8 Å². The van der Waals surface area contributed by atoms with Gasteiger partial charge in [0.15, 0.2) is 0 Å². The average molecular weight is 211 g/mol. The molecule has 0 aliphatic carbocycles. The number of thioether (sulfide) groups is 1. The average Bonchev–Trinajstić information content (AvgIpc) is 2.18. The third-order valence-electron chi connectivity index (χ3n) is 1.97. The molecule has 0 bridgehead atoms. The van der Waals surface area contributed by atoms with E-state index in [0.29, 0.717) is 12.5 Å². The molecule has 0 unspecified atom stereocenters. The van der Waals surface area contributed by atoms with Crippen molar-refractivity contribution in [2.75, 3.05) is 12.8 Å². The van der Waals surface area contributed by atoms with Crippen LogP contribution in [0.25, 0.3) is 0 Å². The zero-order valence-corrected chi connectivity index (χ0v) is 9.77. The van der Waals surface area contributed by atoms with Crippen LogP contribution in [-0.2, 0) is 6.42 Å². The van der Waals surface area contributed by atoms with Crippen molar-refractivity contribution in [3.05, 3.63) is 17.6 Å². The molecule has 0 aromatic carbocycles. The van der Waals surface area contributed by atoms with Gasteiger partial charge in [0.2, 0.25) is 0 Å². The van der Waals surface area contributed by atoms with E-state index >= 15 is 0 Å². The Bertz CT molecular complexity index is 299. The van der Waals surface area contributed by atoms with Crippen LogP contribution in [0.5, 0.6) is 0 Å². The van der Waals surface area contributed by atoms with Gasteiger partial charge in [-0.3, -0.25) is 0 Å². The van der Waals surface area contributed by atoms with Crippen molar-refractivity contribution in [3.8, 4) is 0 Å². The third kappa shape index (κ3) is 2.69. The number of rotatable bonds is 4. The second-order valence-corrected chi connectivity index (χ2v) is 4.25. The summed E-state index contributed by atoms with van der Waals surface area (Å²) in [6.07, 6.45) is 4.79. The molecule has 78 valence electrons. The lowest BCUT2D eigenvalue weighted by molar-refractivity contribution is 0.737. The van der Waals surface area contributed by atoms with E-state index in [9.17, 15) is 0 Å². The molecule has 0 amide bonds. The third-order valence-corrected chi connectivity index (χ3v) is 2.71. The molecule has 1 aromatic heterocycles. The minimum Gasteiger partial charge on any atom is -0.330 e. The fourth-order valence-corrected chi connectivity index (χ4v) is 1.79. The molecule has 0 saturated carbocycles. The van der Waals surface area contributed by atoms with Gasteiger partial charge in [-0.05, 0) is 19.2 Å². The largest absolute Gasteiger partial charge is 0.330 e. The van der Waals surface area contributed by atoms with Gasteiger partial charge < -0.3 is 5.73 Å². The van der Waals surface area contributed by atoms with Crippen LogP contribution in [0.4, 0.5) is 0 Å². The van der Waals surface area contributed by atoms with Crippen molar-refractivity contribution in [1.29, 1.82) is 0 Å². The highest BCUT2D eigenvalue weighted by molar-refractivity contribution is 7.98. The normalized spacial score (nSPS) is 10.9. The fourth-order valence-electron chi connectivity index (χ4n) is 1.19. The first-order valence-corrected chi connectivity index (χ1v) is 6.01. The zero-order valence-electron chi connectivity index (χ0n) is 8.95. The summed E-state index contributed by atoms with van der Waals surface area (Å²) in [4.78, 5) is 8.83. The Hall–Kier alpha value is -0.610. The summed E-state index contributed by atoms with van der Waals surface area (Å²) in [7, 11) is 0. The van der Waals surface area contributed by atoms with Crippen molar-refractivity contribution in [2.45, 2.75) is 31.2 Å². The molecule has 14 heavy (non-hydrogen) atoms. The Morgan fingerprint density at radius 2 is 2.21 bits per heavy atom.